The Labute approximate surface area is 144 Å². The number of hydrogen-bond donors (Lipinski definition) is 1. The molecule has 3 rings (SSSR count). The largest absolute Gasteiger partial charge is 0.389 e. The lowest BCUT2D eigenvalue weighted by atomic mass is 10.0. The van der Waals surface area contributed by atoms with E-state index in [1.54, 1.807) is 0 Å². The van der Waals surface area contributed by atoms with Crippen LogP contribution in [0.3, 0.4) is 0 Å². The van der Waals surface area contributed by atoms with E-state index in [-0.39, 0.29) is 6.10 Å². The lowest BCUT2D eigenvalue weighted by molar-refractivity contribution is -0.0322. The molecule has 24 heavy (non-hydrogen) atoms. The second-order valence-corrected chi connectivity index (χ2v) is 7.21. The molecular formula is C18H31N3O3. The summed E-state index contributed by atoms with van der Waals surface area (Å²) in [6.07, 6.45) is 9.61. The van der Waals surface area contributed by atoms with E-state index in [0.717, 1.165) is 32.5 Å². The number of aromatic nitrogens is 2. The summed E-state index contributed by atoms with van der Waals surface area (Å²) >= 11 is 0. The van der Waals surface area contributed by atoms with E-state index in [0.29, 0.717) is 25.8 Å². The van der Waals surface area contributed by atoms with Crippen molar-refractivity contribution in [3.05, 3.63) is 18.0 Å². The number of aliphatic hydroxyl groups is 1. The molecule has 2 saturated heterocycles. The van der Waals surface area contributed by atoms with Crippen molar-refractivity contribution in [2.24, 2.45) is 0 Å². The third-order valence-electron chi connectivity index (χ3n) is 4.99. The molecule has 2 aliphatic rings. The number of piperidine rings is 1. The Hall–Kier alpha value is -0.950. The fourth-order valence-electron chi connectivity index (χ4n) is 3.72. The third kappa shape index (κ3) is 5.28. The maximum absolute atomic E-state index is 10.3. The van der Waals surface area contributed by atoms with Crippen LogP contribution in [0.4, 0.5) is 0 Å². The van der Waals surface area contributed by atoms with Crippen molar-refractivity contribution >= 4 is 0 Å². The van der Waals surface area contributed by atoms with E-state index in [2.05, 4.69) is 23.1 Å². The summed E-state index contributed by atoms with van der Waals surface area (Å²) in [6.45, 7) is 6.54. The molecule has 0 aromatic carbocycles. The van der Waals surface area contributed by atoms with Crippen LogP contribution in [0, 0.1) is 6.92 Å². The first kappa shape index (κ1) is 17.9. The summed E-state index contributed by atoms with van der Waals surface area (Å²) in [7, 11) is 0. The molecule has 0 amide bonds. The van der Waals surface area contributed by atoms with Gasteiger partial charge < -0.3 is 14.6 Å². The molecule has 0 aliphatic carbocycles. The minimum Gasteiger partial charge on any atom is -0.389 e. The molecule has 6 nitrogen and oxygen atoms in total. The molecule has 0 saturated carbocycles. The number of rotatable bonds is 8. The molecular weight excluding hydrogens is 306 g/mol. The fourth-order valence-corrected chi connectivity index (χ4v) is 3.72. The van der Waals surface area contributed by atoms with Crippen LogP contribution in [0.2, 0.25) is 0 Å². The summed E-state index contributed by atoms with van der Waals surface area (Å²) in [5.74, 6) is 0. The maximum Gasteiger partial charge on any atom is 0.0900 e. The smallest absolute Gasteiger partial charge is 0.0900 e. The van der Waals surface area contributed by atoms with Gasteiger partial charge in [0, 0.05) is 25.4 Å². The summed E-state index contributed by atoms with van der Waals surface area (Å²) in [4.78, 5) is 2.40. The van der Waals surface area contributed by atoms with E-state index in [1.807, 2.05) is 10.9 Å². The molecule has 1 aromatic heterocycles. The molecule has 6 heteroatoms. The SMILES string of the molecule is Cc1cnn(C[C@@H]2CCCCN2C[C@H](O)COC[C@@H]2CCCO2)c1. The van der Waals surface area contributed by atoms with Gasteiger partial charge in [0.05, 0.1) is 38.2 Å². The van der Waals surface area contributed by atoms with Crippen LogP contribution >= 0.6 is 0 Å². The van der Waals surface area contributed by atoms with E-state index in [4.69, 9.17) is 9.47 Å². The Morgan fingerprint density at radius 1 is 1.38 bits per heavy atom. The van der Waals surface area contributed by atoms with Crippen molar-refractivity contribution in [1.82, 2.24) is 14.7 Å². The number of aliphatic hydroxyl groups excluding tert-OH is 1. The van der Waals surface area contributed by atoms with Gasteiger partial charge in [-0.15, -0.1) is 0 Å². The van der Waals surface area contributed by atoms with Gasteiger partial charge in [-0.25, -0.2) is 0 Å². The van der Waals surface area contributed by atoms with E-state index in [1.165, 1.54) is 24.8 Å². The zero-order valence-electron chi connectivity index (χ0n) is 14.8. The lowest BCUT2D eigenvalue weighted by Crippen LogP contribution is -2.46. The van der Waals surface area contributed by atoms with Gasteiger partial charge in [-0.1, -0.05) is 6.42 Å². The molecule has 0 unspecified atom stereocenters. The molecule has 3 heterocycles. The highest BCUT2D eigenvalue weighted by atomic mass is 16.5. The minimum atomic E-state index is -0.439. The van der Waals surface area contributed by atoms with E-state index in [9.17, 15) is 5.11 Å². The van der Waals surface area contributed by atoms with Gasteiger partial charge in [0.15, 0.2) is 0 Å². The first-order chi connectivity index (χ1) is 11.7. The minimum absolute atomic E-state index is 0.225. The van der Waals surface area contributed by atoms with Crippen molar-refractivity contribution in [2.75, 3.05) is 32.9 Å². The lowest BCUT2D eigenvalue weighted by Gasteiger charge is -2.36. The maximum atomic E-state index is 10.3. The number of β-amino-alcohol motifs (C(OH)–C–C–N with tert-alkyl or cyclic N) is 1. The van der Waals surface area contributed by atoms with Crippen molar-refractivity contribution in [2.45, 2.75) is 63.8 Å². The van der Waals surface area contributed by atoms with Gasteiger partial charge >= 0.3 is 0 Å². The molecule has 1 N–H and O–H groups in total. The van der Waals surface area contributed by atoms with E-state index < -0.39 is 6.10 Å². The molecule has 3 atom stereocenters. The third-order valence-corrected chi connectivity index (χ3v) is 4.99. The predicted octanol–water partition coefficient (Wildman–Crippen LogP) is 1.60. The monoisotopic (exact) mass is 337 g/mol. The van der Waals surface area contributed by atoms with Gasteiger partial charge in [-0.2, -0.15) is 5.10 Å². The van der Waals surface area contributed by atoms with Crippen LogP contribution < -0.4 is 0 Å². The van der Waals surface area contributed by atoms with E-state index >= 15 is 0 Å². The first-order valence-electron chi connectivity index (χ1n) is 9.31. The first-order valence-corrected chi connectivity index (χ1v) is 9.31. The Kier molecular flexibility index (Phi) is 6.66. The molecule has 0 bridgehead atoms. The van der Waals surface area contributed by atoms with Crippen LogP contribution in [-0.4, -0.2) is 70.9 Å². The second kappa shape index (κ2) is 8.94. The molecule has 136 valence electrons. The highest BCUT2D eigenvalue weighted by Crippen LogP contribution is 2.19. The second-order valence-electron chi connectivity index (χ2n) is 7.21. The van der Waals surface area contributed by atoms with Crippen LogP contribution in [0.25, 0.3) is 0 Å². The Balaban J connectivity index is 1.42. The quantitative estimate of drug-likeness (QED) is 0.781. The number of aryl methyl sites for hydroxylation is 1. The average molecular weight is 337 g/mol. The average Bonchev–Trinajstić information content (AvgIpc) is 3.21. The molecule has 0 spiro atoms. The standard InChI is InChI=1S/C18H31N3O3/c1-15-9-19-21(10-15)11-16-5-2-3-7-20(16)12-17(22)13-23-14-18-6-4-8-24-18/h9-10,16-18,22H,2-8,11-14H2,1H3/t16-,17-,18-/m0/s1. The topological polar surface area (TPSA) is 59.8 Å². The van der Waals surface area contributed by atoms with Crippen LogP contribution in [0.15, 0.2) is 12.4 Å². The number of hydrogen-bond acceptors (Lipinski definition) is 5. The Bertz CT molecular complexity index is 488. The van der Waals surface area contributed by atoms with Crippen molar-refractivity contribution in [3.63, 3.8) is 0 Å². The summed E-state index contributed by atoms with van der Waals surface area (Å²) < 4.78 is 13.2. The zero-order valence-corrected chi connectivity index (χ0v) is 14.8. The molecule has 2 aliphatic heterocycles. The summed E-state index contributed by atoms with van der Waals surface area (Å²) in [6, 6.07) is 0.450. The van der Waals surface area contributed by atoms with Crippen molar-refractivity contribution in [3.8, 4) is 0 Å². The van der Waals surface area contributed by atoms with Gasteiger partial charge in [-0.05, 0) is 44.7 Å². The van der Waals surface area contributed by atoms with Gasteiger partial charge in [0.25, 0.3) is 0 Å². The number of nitrogens with zero attached hydrogens (tertiary/aromatic N) is 3. The van der Waals surface area contributed by atoms with Crippen molar-refractivity contribution < 1.29 is 14.6 Å². The van der Waals surface area contributed by atoms with Gasteiger partial charge in [0.2, 0.25) is 0 Å². The highest BCUT2D eigenvalue weighted by molar-refractivity contribution is 4.99. The normalized spacial score (nSPS) is 26.8. The van der Waals surface area contributed by atoms with Crippen LogP contribution in [-0.2, 0) is 16.0 Å². The highest BCUT2D eigenvalue weighted by Gasteiger charge is 2.25. The summed E-state index contributed by atoms with van der Waals surface area (Å²) in [5, 5.41) is 14.7. The number of ether oxygens (including phenoxy) is 2. The van der Waals surface area contributed by atoms with Crippen LogP contribution in [0.1, 0.15) is 37.7 Å². The summed E-state index contributed by atoms with van der Waals surface area (Å²) in [5.41, 5.74) is 1.19. The molecule has 1 aromatic rings. The number of likely N-dealkylation sites (tertiary alicyclic amines) is 1. The van der Waals surface area contributed by atoms with Crippen molar-refractivity contribution in [1.29, 1.82) is 0 Å². The predicted molar refractivity (Wildman–Crippen MR) is 92.0 cm³/mol. The van der Waals surface area contributed by atoms with Gasteiger partial charge in [0.1, 0.15) is 0 Å². The van der Waals surface area contributed by atoms with Gasteiger partial charge in [-0.3, -0.25) is 9.58 Å². The fraction of sp³-hybridized carbons (Fsp3) is 0.833. The zero-order chi connectivity index (χ0) is 16.8. The molecule has 2 fully saturated rings. The Morgan fingerprint density at radius 2 is 2.29 bits per heavy atom. The Morgan fingerprint density at radius 3 is 3.04 bits per heavy atom. The van der Waals surface area contributed by atoms with Crippen LogP contribution in [0.5, 0.6) is 0 Å². The molecule has 0 radical (unpaired) electrons.